The topological polar surface area (TPSA) is 24.5 Å². The molecule has 2 aromatic rings. The summed E-state index contributed by atoms with van der Waals surface area (Å²) < 4.78 is 7.14. The smallest absolute Gasteiger partial charge is 0.132 e. The van der Waals surface area contributed by atoms with Crippen molar-refractivity contribution >= 4 is 21.6 Å². The molecule has 0 aromatic heterocycles. The fourth-order valence-corrected chi connectivity index (χ4v) is 2.44. The van der Waals surface area contributed by atoms with Crippen LogP contribution in [0.25, 0.3) is 0 Å². The molecule has 3 nitrogen and oxygen atoms in total. The summed E-state index contributed by atoms with van der Waals surface area (Å²) in [5.74, 6) is 1.71. The highest BCUT2D eigenvalue weighted by Gasteiger charge is 2.12. The van der Waals surface area contributed by atoms with Crippen LogP contribution in [0.5, 0.6) is 11.5 Å². The highest BCUT2D eigenvalue weighted by atomic mass is 79.9. The predicted molar refractivity (Wildman–Crippen MR) is 92.5 cm³/mol. The largest absolute Gasteiger partial charge is 0.457 e. The first-order chi connectivity index (χ1) is 10.0. The minimum Gasteiger partial charge on any atom is -0.457 e. The van der Waals surface area contributed by atoms with Crippen LogP contribution >= 0.6 is 15.9 Å². The van der Waals surface area contributed by atoms with E-state index in [9.17, 15) is 0 Å². The van der Waals surface area contributed by atoms with E-state index in [4.69, 9.17) is 4.74 Å². The van der Waals surface area contributed by atoms with Gasteiger partial charge in [-0.25, -0.2) is 0 Å². The van der Waals surface area contributed by atoms with Crippen molar-refractivity contribution in [3.8, 4) is 11.5 Å². The van der Waals surface area contributed by atoms with Crippen LogP contribution in [0.2, 0.25) is 0 Å². The van der Waals surface area contributed by atoms with E-state index in [0.717, 1.165) is 27.2 Å². The maximum atomic E-state index is 6.09. The zero-order valence-corrected chi connectivity index (χ0v) is 14.4. The third-order valence-corrected chi connectivity index (χ3v) is 3.93. The van der Waals surface area contributed by atoms with Gasteiger partial charge in [0, 0.05) is 41.9 Å². The Morgan fingerprint density at radius 1 is 1.14 bits per heavy atom. The van der Waals surface area contributed by atoms with Crippen molar-refractivity contribution in [2.75, 3.05) is 26.0 Å². The van der Waals surface area contributed by atoms with Gasteiger partial charge in [0.05, 0.1) is 0 Å². The molecule has 21 heavy (non-hydrogen) atoms. The summed E-state index contributed by atoms with van der Waals surface area (Å²) >= 11 is 3.52. The van der Waals surface area contributed by atoms with Crippen molar-refractivity contribution < 1.29 is 4.74 Å². The molecule has 2 rings (SSSR count). The van der Waals surface area contributed by atoms with Crippen LogP contribution in [0.15, 0.2) is 46.9 Å². The van der Waals surface area contributed by atoms with Crippen molar-refractivity contribution in [2.45, 2.75) is 13.0 Å². The van der Waals surface area contributed by atoms with Gasteiger partial charge >= 0.3 is 0 Å². The summed E-state index contributed by atoms with van der Waals surface area (Å²) in [5, 5.41) is 3.26. The second-order valence-electron chi connectivity index (χ2n) is 5.19. The Hall–Kier alpha value is -1.52. The van der Waals surface area contributed by atoms with Gasteiger partial charge < -0.3 is 15.0 Å². The van der Waals surface area contributed by atoms with Crippen LogP contribution in [0.1, 0.15) is 18.5 Å². The number of rotatable bonds is 5. The molecule has 0 amide bonds. The van der Waals surface area contributed by atoms with E-state index < -0.39 is 0 Å². The first-order valence-electron chi connectivity index (χ1n) is 6.93. The van der Waals surface area contributed by atoms with E-state index in [-0.39, 0.29) is 6.04 Å². The fourth-order valence-electron chi connectivity index (χ4n) is 2.06. The summed E-state index contributed by atoms with van der Waals surface area (Å²) in [6.45, 7) is 2.12. The van der Waals surface area contributed by atoms with E-state index in [2.05, 4.69) is 45.2 Å². The Bertz CT molecular complexity index is 613. The highest BCUT2D eigenvalue weighted by Crippen LogP contribution is 2.33. The van der Waals surface area contributed by atoms with Gasteiger partial charge in [0.1, 0.15) is 11.5 Å². The summed E-state index contributed by atoms with van der Waals surface area (Å²) in [6, 6.07) is 14.4. The molecule has 2 aromatic carbocycles. The monoisotopic (exact) mass is 348 g/mol. The van der Waals surface area contributed by atoms with Crippen LogP contribution in [-0.2, 0) is 0 Å². The first kappa shape index (κ1) is 15.9. The van der Waals surface area contributed by atoms with E-state index in [1.807, 2.05) is 51.5 Å². The Morgan fingerprint density at radius 3 is 2.57 bits per heavy atom. The van der Waals surface area contributed by atoms with E-state index in [1.54, 1.807) is 0 Å². The Balaban J connectivity index is 2.33. The molecule has 0 saturated carbocycles. The molecule has 1 N–H and O–H groups in total. The number of ether oxygens (including phenoxy) is 1. The summed E-state index contributed by atoms with van der Waals surface area (Å²) in [7, 11) is 5.99. The zero-order chi connectivity index (χ0) is 15.4. The molecule has 4 heteroatoms. The van der Waals surface area contributed by atoms with Gasteiger partial charge in [0.15, 0.2) is 0 Å². The second-order valence-corrected chi connectivity index (χ2v) is 6.10. The summed E-state index contributed by atoms with van der Waals surface area (Å²) in [4.78, 5) is 2.06. The molecule has 0 radical (unpaired) electrons. The second kappa shape index (κ2) is 6.96. The lowest BCUT2D eigenvalue weighted by molar-refractivity contribution is 0.466. The SMILES string of the molecule is CNC(C)c1cc(Br)ccc1Oc1cccc(N(C)C)c1. The maximum absolute atomic E-state index is 6.09. The van der Waals surface area contributed by atoms with Gasteiger partial charge in [-0.05, 0) is 44.3 Å². The number of benzene rings is 2. The van der Waals surface area contributed by atoms with Crippen molar-refractivity contribution in [3.05, 3.63) is 52.5 Å². The number of hydrogen-bond acceptors (Lipinski definition) is 3. The van der Waals surface area contributed by atoms with Gasteiger partial charge in [0.25, 0.3) is 0 Å². The highest BCUT2D eigenvalue weighted by molar-refractivity contribution is 9.10. The lowest BCUT2D eigenvalue weighted by Gasteiger charge is -2.18. The molecular weight excluding hydrogens is 328 g/mol. The molecule has 0 aliphatic heterocycles. The number of nitrogens with one attached hydrogen (secondary N) is 1. The molecule has 0 heterocycles. The Kier molecular flexibility index (Phi) is 5.26. The Morgan fingerprint density at radius 2 is 1.90 bits per heavy atom. The third kappa shape index (κ3) is 3.99. The van der Waals surface area contributed by atoms with Gasteiger partial charge in [-0.2, -0.15) is 0 Å². The molecule has 1 atom stereocenters. The van der Waals surface area contributed by atoms with Gasteiger partial charge in [-0.15, -0.1) is 0 Å². The normalized spacial score (nSPS) is 12.0. The molecular formula is C17H21BrN2O. The van der Waals surface area contributed by atoms with Gasteiger partial charge in [0.2, 0.25) is 0 Å². The lowest BCUT2D eigenvalue weighted by Crippen LogP contribution is -2.13. The molecule has 0 spiro atoms. The van der Waals surface area contributed by atoms with E-state index in [1.165, 1.54) is 0 Å². The van der Waals surface area contributed by atoms with Crippen LogP contribution in [0.4, 0.5) is 5.69 Å². The minimum atomic E-state index is 0.217. The molecule has 0 aliphatic rings. The van der Waals surface area contributed by atoms with Gasteiger partial charge in [-0.1, -0.05) is 22.0 Å². The zero-order valence-electron chi connectivity index (χ0n) is 12.9. The van der Waals surface area contributed by atoms with Crippen LogP contribution in [-0.4, -0.2) is 21.1 Å². The average molecular weight is 349 g/mol. The quantitative estimate of drug-likeness (QED) is 0.855. The van der Waals surface area contributed by atoms with Crippen LogP contribution < -0.4 is 15.0 Å². The third-order valence-electron chi connectivity index (χ3n) is 3.43. The fraction of sp³-hybridized carbons (Fsp3) is 0.294. The number of nitrogens with zero attached hydrogens (tertiary/aromatic N) is 1. The van der Waals surface area contributed by atoms with Crippen molar-refractivity contribution in [3.63, 3.8) is 0 Å². The van der Waals surface area contributed by atoms with Crippen LogP contribution in [0.3, 0.4) is 0 Å². The first-order valence-corrected chi connectivity index (χ1v) is 7.72. The molecule has 1 unspecified atom stereocenters. The number of hydrogen-bond donors (Lipinski definition) is 1. The molecule has 0 fully saturated rings. The molecule has 0 bridgehead atoms. The van der Waals surface area contributed by atoms with Crippen molar-refractivity contribution in [2.24, 2.45) is 0 Å². The minimum absolute atomic E-state index is 0.217. The van der Waals surface area contributed by atoms with E-state index >= 15 is 0 Å². The molecule has 0 saturated heterocycles. The predicted octanol–water partition coefficient (Wildman–Crippen LogP) is 4.59. The van der Waals surface area contributed by atoms with Gasteiger partial charge in [-0.3, -0.25) is 0 Å². The van der Waals surface area contributed by atoms with Crippen molar-refractivity contribution in [1.82, 2.24) is 5.32 Å². The lowest BCUT2D eigenvalue weighted by atomic mass is 10.1. The summed E-state index contributed by atoms with van der Waals surface area (Å²) in [6.07, 6.45) is 0. The van der Waals surface area contributed by atoms with Crippen LogP contribution in [0, 0.1) is 0 Å². The number of halogens is 1. The van der Waals surface area contributed by atoms with Crippen molar-refractivity contribution in [1.29, 1.82) is 0 Å². The standard InChI is InChI=1S/C17H21BrN2O/c1-12(19-2)16-10-13(18)8-9-17(16)21-15-7-5-6-14(11-15)20(3)4/h5-12,19H,1-4H3. The van der Waals surface area contributed by atoms with E-state index in [0.29, 0.717) is 0 Å². The summed E-state index contributed by atoms with van der Waals surface area (Å²) in [5.41, 5.74) is 2.25. The average Bonchev–Trinajstić information content (AvgIpc) is 2.48. The molecule has 112 valence electrons. The maximum Gasteiger partial charge on any atom is 0.132 e. The number of anilines is 1. The Labute approximate surface area is 135 Å². The molecule has 0 aliphatic carbocycles.